The molecule has 0 saturated carbocycles. The van der Waals surface area contributed by atoms with Gasteiger partial charge in [0, 0.05) is 18.3 Å². The van der Waals surface area contributed by atoms with Gasteiger partial charge in [0.2, 0.25) is 4.77 Å². The third-order valence-electron chi connectivity index (χ3n) is 5.35. The first-order valence-electron chi connectivity index (χ1n) is 9.57. The number of nitrogens with zero attached hydrogens (tertiary/aromatic N) is 4. The van der Waals surface area contributed by atoms with Gasteiger partial charge in [-0.05, 0) is 36.5 Å². The summed E-state index contributed by atoms with van der Waals surface area (Å²) in [6.07, 6.45) is 0. The summed E-state index contributed by atoms with van der Waals surface area (Å²) >= 11 is 5.63. The molecule has 1 aromatic heterocycles. The molecule has 0 spiro atoms. The van der Waals surface area contributed by atoms with Crippen molar-refractivity contribution < 1.29 is 9.64 Å². The van der Waals surface area contributed by atoms with Crippen molar-refractivity contribution in [1.82, 2.24) is 14.3 Å². The van der Waals surface area contributed by atoms with E-state index in [-0.39, 0.29) is 0 Å². The number of hydrogen-bond donors (Lipinski definition) is 1. The van der Waals surface area contributed by atoms with Crippen LogP contribution in [0.2, 0.25) is 0 Å². The van der Waals surface area contributed by atoms with Crippen LogP contribution in [-0.4, -0.2) is 47.6 Å². The maximum absolute atomic E-state index is 5.63. The molecule has 2 aromatic carbocycles. The van der Waals surface area contributed by atoms with E-state index in [0.29, 0.717) is 0 Å². The van der Waals surface area contributed by atoms with Crippen LogP contribution in [0.25, 0.3) is 11.4 Å². The number of methoxy groups -OCH3 is 1. The summed E-state index contributed by atoms with van der Waals surface area (Å²) in [6, 6.07) is 18.5. The molecule has 1 saturated heterocycles. The monoisotopic (exact) mass is 396 g/mol. The van der Waals surface area contributed by atoms with Crippen LogP contribution in [0.4, 0.5) is 5.69 Å². The molecule has 7 heteroatoms. The fraction of sp³-hybridized carbons (Fsp3) is 0.333. The second-order valence-electron chi connectivity index (χ2n) is 7.12. The van der Waals surface area contributed by atoms with Crippen molar-refractivity contribution in [2.45, 2.75) is 6.67 Å². The van der Waals surface area contributed by atoms with Crippen molar-refractivity contribution in [1.29, 1.82) is 0 Å². The van der Waals surface area contributed by atoms with Crippen molar-refractivity contribution in [2.24, 2.45) is 7.05 Å². The summed E-state index contributed by atoms with van der Waals surface area (Å²) in [6.45, 7) is 4.97. The summed E-state index contributed by atoms with van der Waals surface area (Å²) in [5.41, 5.74) is 2.34. The molecule has 0 aliphatic carbocycles. The Kier molecular flexibility index (Phi) is 5.45. The Morgan fingerprint density at radius 1 is 1.04 bits per heavy atom. The molecular formula is C21H26N5OS+. The Balaban J connectivity index is 1.42. The number of rotatable bonds is 5. The van der Waals surface area contributed by atoms with Gasteiger partial charge in [0.1, 0.15) is 5.75 Å². The van der Waals surface area contributed by atoms with Gasteiger partial charge in [-0.1, -0.05) is 30.3 Å². The Morgan fingerprint density at radius 3 is 2.36 bits per heavy atom. The van der Waals surface area contributed by atoms with Crippen LogP contribution >= 0.6 is 12.2 Å². The van der Waals surface area contributed by atoms with Crippen LogP contribution in [0.3, 0.4) is 0 Å². The normalized spacial score (nSPS) is 15.0. The van der Waals surface area contributed by atoms with Crippen LogP contribution in [0.5, 0.6) is 5.75 Å². The molecule has 1 N–H and O–H groups in total. The van der Waals surface area contributed by atoms with Crippen LogP contribution < -0.4 is 14.5 Å². The lowest BCUT2D eigenvalue weighted by Gasteiger charge is -2.33. The highest BCUT2D eigenvalue weighted by molar-refractivity contribution is 7.71. The number of aromatic nitrogens is 3. The molecule has 1 fully saturated rings. The molecule has 1 aliphatic heterocycles. The molecule has 4 rings (SSSR count). The highest BCUT2D eigenvalue weighted by atomic mass is 32.1. The van der Waals surface area contributed by atoms with E-state index >= 15 is 0 Å². The largest absolute Gasteiger partial charge is 0.497 e. The topological polar surface area (TPSA) is 39.7 Å². The molecule has 0 radical (unpaired) electrons. The van der Waals surface area contributed by atoms with Crippen LogP contribution in [0, 0.1) is 4.77 Å². The molecule has 146 valence electrons. The predicted molar refractivity (Wildman–Crippen MR) is 113 cm³/mol. The number of ether oxygens (including phenoxy) is 1. The first kappa shape index (κ1) is 18.7. The molecule has 0 bridgehead atoms. The smallest absolute Gasteiger partial charge is 0.202 e. The van der Waals surface area contributed by atoms with E-state index < -0.39 is 0 Å². The lowest BCUT2D eigenvalue weighted by Crippen LogP contribution is -3.14. The quantitative estimate of drug-likeness (QED) is 0.670. The third-order valence-corrected chi connectivity index (χ3v) is 5.84. The third kappa shape index (κ3) is 3.81. The van der Waals surface area contributed by atoms with Crippen LogP contribution in [0.15, 0.2) is 54.6 Å². The second kappa shape index (κ2) is 8.16. The maximum Gasteiger partial charge on any atom is 0.202 e. The zero-order valence-corrected chi connectivity index (χ0v) is 17.2. The molecule has 3 aromatic rings. The fourth-order valence-electron chi connectivity index (χ4n) is 3.67. The Bertz CT molecular complexity index is 972. The van der Waals surface area contributed by atoms with Gasteiger partial charge < -0.3 is 19.1 Å². The Morgan fingerprint density at radius 2 is 1.71 bits per heavy atom. The van der Waals surface area contributed by atoms with Gasteiger partial charge in [0.05, 0.1) is 33.3 Å². The highest BCUT2D eigenvalue weighted by Crippen LogP contribution is 2.19. The molecule has 0 atom stereocenters. The Hall–Kier alpha value is -2.64. The van der Waals surface area contributed by atoms with E-state index in [4.69, 9.17) is 22.1 Å². The first-order chi connectivity index (χ1) is 13.7. The minimum absolute atomic E-state index is 0.768. The van der Waals surface area contributed by atoms with E-state index in [9.17, 15) is 0 Å². The Labute approximate surface area is 170 Å². The van der Waals surface area contributed by atoms with Crippen molar-refractivity contribution in [3.63, 3.8) is 0 Å². The van der Waals surface area contributed by atoms with Crippen molar-refractivity contribution in [2.75, 3.05) is 38.2 Å². The summed E-state index contributed by atoms with van der Waals surface area (Å²) in [5.74, 6) is 1.81. The van der Waals surface area contributed by atoms with Gasteiger partial charge in [0.15, 0.2) is 12.5 Å². The van der Waals surface area contributed by atoms with Crippen molar-refractivity contribution >= 4 is 17.9 Å². The molecule has 1 aliphatic rings. The number of nitrogens with one attached hydrogen (secondary N) is 1. The number of anilines is 1. The lowest BCUT2D eigenvalue weighted by molar-refractivity contribution is -0.924. The first-order valence-corrected chi connectivity index (χ1v) is 9.98. The highest BCUT2D eigenvalue weighted by Gasteiger charge is 2.22. The standard InChI is InChI=1S/C21H25N5OS/c1-23-20(17-6-4-3-5-7-17)22-26(21(23)28)16-24-12-14-25(15-13-24)18-8-10-19(27-2)11-9-18/h3-11H,12-16H2,1-2H3/p+1. The molecule has 28 heavy (non-hydrogen) atoms. The summed E-state index contributed by atoms with van der Waals surface area (Å²) in [5, 5.41) is 4.80. The van der Waals surface area contributed by atoms with Gasteiger partial charge in [-0.25, -0.2) is 0 Å². The maximum atomic E-state index is 5.63. The lowest BCUT2D eigenvalue weighted by atomic mass is 10.2. The average molecular weight is 397 g/mol. The number of benzene rings is 2. The minimum atomic E-state index is 0.768. The SMILES string of the molecule is COc1ccc(N2CC[NH+](Cn3nc(-c4ccccc4)n(C)c3=S)CC2)cc1. The molecule has 0 amide bonds. The molecule has 2 heterocycles. The molecule has 0 unspecified atom stereocenters. The van der Waals surface area contributed by atoms with E-state index in [1.54, 1.807) is 7.11 Å². The molecular weight excluding hydrogens is 370 g/mol. The fourth-order valence-corrected chi connectivity index (χ4v) is 3.87. The summed E-state index contributed by atoms with van der Waals surface area (Å²) < 4.78 is 9.98. The van der Waals surface area contributed by atoms with E-state index in [1.165, 1.54) is 10.6 Å². The minimum Gasteiger partial charge on any atom is -0.497 e. The summed E-state index contributed by atoms with van der Waals surface area (Å²) in [7, 11) is 3.69. The van der Waals surface area contributed by atoms with Gasteiger partial charge >= 0.3 is 0 Å². The van der Waals surface area contributed by atoms with Gasteiger partial charge in [0.25, 0.3) is 0 Å². The van der Waals surface area contributed by atoms with E-state index in [2.05, 4.69) is 29.2 Å². The second-order valence-corrected chi connectivity index (χ2v) is 7.49. The van der Waals surface area contributed by atoms with E-state index in [0.717, 1.165) is 54.8 Å². The predicted octanol–water partition coefficient (Wildman–Crippen LogP) is 1.99. The van der Waals surface area contributed by atoms with Gasteiger partial charge in [-0.15, -0.1) is 5.10 Å². The van der Waals surface area contributed by atoms with E-state index in [1.807, 2.05) is 46.6 Å². The summed E-state index contributed by atoms with van der Waals surface area (Å²) in [4.78, 5) is 3.93. The van der Waals surface area contributed by atoms with Crippen molar-refractivity contribution in [3.05, 3.63) is 59.4 Å². The zero-order valence-electron chi connectivity index (χ0n) is 16.3. The number of hydrogen-bond acceptors (Lipinski definition) is 4. The molecule has 6 nitrogen and oxygen atoms in total. The van der Waals surface area contributed by atoms with Gasteiger partial charge in [-0.2, -0.15) is 4.68 Å². The number of quaternary nitrogens is 1. The zero-order chi connectivity index (χ0) is 19.5. The number of piperazine rings is 1. The van der Waals surface area contributed by atoms with Crippen molar-refractivity contribution in [3.8, 4) is 17.1 Å². The average Bonchev–Trinajstić information content (AvgIpc) is 3.03. The van der Waals surface area contributed by atoms with Crippen LogP contribution in [-0.2, 0) is 13.7 Å². The van der Waals surface area contributed by atoms with Crippen LogP contribution in [0.1, 0.15) is 0 Å². The van der Waals surface area contributed by atoms with Gasteiger partial charge in [-0.3, -0.25) is 0 Å².